The van der Waals surface area contributed by atoms with Crippen LogP contribution in [-0.4, -0.2) is 59.5 Å². The predicted octanol–water partition coefficient (Wildman–Crippen LogP) is 3.01. The number of ketones is 2. The third kappa shape index (κ3) is 2.45. The Morgan fingerprint density at radius 1 is 1.12 bits per heavy atom. The minimum Gasteiger partial charge on any atom is -0.458 e. The average Bonchev–Trinajstić information content (AvgIpc) is 3.32. The summed E-state index contributed by atoms with van der Waals surface area (Å²) in [6, 6.07) is 0. The number of halogens is 1. The lowest BCUT2D eigenvalue weighted by molar-refractivity contribution is -0.212. The smallest absolute Gasteiger partial charge is 0.303 e. The molecule has 4 aliphatic carbocycles. The van der Waals surface area contributed by atoms with Crippen LogP contribution in [0, 0.1) is 22.7 Å². The maximum Gasteiger partial charge on any atom is 0.303 e. The first kappa shape index (κ1) is 22.6. The maximum atomic E-state index is 15.7. The second kappa shape index (κ2) is 6.45. The van der Waals surface area contributed by atoms with Crippen molar-refractivity contribution in [3.8, 4) is 0 Å². The zero-order valence-electron chi connectivity index (χ0n) is 20.2. The Balaban J connectivity index is 1.43. The van der Waals surface area contributed by atoms with Gasteiger partial charge in [-0.05, 0) is 69.6 Å². The molecule has 6 rings (SSSR count). The van der Waals surface area contributed by atoms with Crippen LogP contribution in [-0.2, 0) is 33.3 Å². The zero-order valence-corrected chi connectivity index (χ0v) is 20.2. The van der Waals surface area contributed by atoms with Crippen molar-refractivity contribution >= 4 is 17.5 Å². The standard InChI is InChI=1S/C26H31FO7/c1-13(28)31-12-19(30)26-20(32-22(2,3)34-26)10-15-16-9-18(27)17-8-14(29)6-7-23(17,4)25(16)21(33-25)11-24(15,26)5/h6-8,15-16,18,20-21H,9-12H2,1-5H3. The van der Waals surface area contributed by atoms with Gasteiger partial charge in [-0.25, -0.2) is 4.39 Å². The Kier molecular flexibility index (Phi) is 4.28. The van der Waals surface area contributed by atoms with Gasteiger partial charge in [-0.3, -0.25) is 14.4 Å². The Morgan fingerprint density at radius 2 is 1.85 bits per heavy atom. The van der Waals surface area contributed by atoms with Crippen molar-refractivity contribution in [1.82, 2.24) is 0 Å². The van der Waals surface area contributed by atoms with Gasteiger partial charge in [0.15, 0.2) is 23.8 Å². The molecule has 0 radical (unpaired) electrons. The number of carbonyl (C=O) groups is 3. The Hall–Kier alpha value is -1.90. The van der Waals surface area contributed by atoms with Crippen LogP contribution in [0.1, 0.15) is 53.9 Å². The Labute approximate surface area is 198 Å². The molecule has 0 amide bonds. The number of allylic oxidation sites excluding steroid dienone is 2. The van der Waals surface area contributed by atoms with Gasteiger partial charge in [0.05, 0.1) is 12.2 Å². The summed E-state index contributed by atoms with van der Waals surface area (Å²) in [4.78, 5) is 37.2. The van der Waals surface area contributed by atoms with Crippen LogP contribution in [0.15, 0.2) is 23.8 Å². The molecular formula is C26H31FO7. The minimum absolute atomic E-state index is 0.101. The number of ether oxygens (including phenoxy) is 4. The topological polar surface area (TPSA) is 91.4 Å². The number of hydrogen-bond acceptors (Lipinski definition) is 7. The number of carbonyl (C=O) groups excluding carboxylic acids is 3. The third-order valence-electron chi connectivity index (χ3n) is 9.73. The molecule has 2 saturated heterocycles. The molecule has 1 spiro atoms. The second-order valence-corrected chi connectivity index (χ2v) is 11.8. The van der Waals surface area contributed by atoms with E-state index in [-0.39, 0.29) is 35.9 Å². The van der Waals surface area contributed by atoms with E-state index >= 15 is 4.39 Å². The molecule has 9 atom stereocenters. The number of esters is 1. The number of epoxide rings is 1. The van der Waals surface area contributed by atoms with Crippen molar-refractivity contribution < 1.29 is 37.7 Å². The van der Waals surface area contributed by atoms with E-state index in [4.69, 9.17) is 18.9 Å². The molecule has 3 saturated carbocycles. The van der Waals surface area contributed by atoms with Crippen LogP contribution in [0.25, 0.3) is 0 Å². The molecule has 0 aromatic heterocycles. The molecule has 0 N–H and O–H groups in total. The monoisotopic (exact) mass is 474 g/mol. The average molecular weight is 475 g/mol. The Morgan fingerprint density at radius 3 is 2.56 bits per heavy atom. The fourth-order valence-electron chi connectivity index (χ4n) is 8.51. The fourth-order valence-corrected chi connectivity index (χ4v) is 8.51. The lowest BCUT2D eigenvalue weighted by atomic mass is 9.46. The van der Waals surface area contributed by atoms with Crippen molar-refractivity contribution in [3.63, 3.8) is 0 Å². The lowest BCUT2D eigenvalue weighted by Crippen LogP contribution is -2.64. The predicted molar refractivity (Wildman–Crippen MR) is 116 cm³/mol. The van der Waals surface area contributed by atoms with Crippen molar-refractivity contribution in [3.05, 3.63) is 23.8 Å². The van der Waals surface area contributed by atoms with Gasteiger partial charge in [0.1, 0.15) is 11.8 Å². The third-order valence-corrected chi connectivity index (χ3v) is 9.73. The largest absolute Gasteiger partial charge is 0.458 e. The summed E-state index contributed by atoms with van der Waals surface area (Å²) in [5.74, 6) is -2.31. The highest BCUT2D eigenvalue weighted by atomic mass is 19.1. The van der Waals surface area contributed by atoms with E-state index in [1.165, 1.54) is 19.1 Å². The normalized spacial score (nSPS) is 51.4. The number of rotatable bonds is 3. The van der Waals surface area contributed by atoms with Crippen LogP contribution in [0.4, 0.5) is 4.39 Å². The molecule has 9 unspecified atom stereocenters. The lowest BCUT2D eigenvalue weighted by Gasteiger charge is -2.56. The van der Waals surface area contributed by atoms with E-state index in [0.717, 1.165) is 0 Å². The molecule has 34 heavy (non-hydrogen) atoms. The van der Waals surface area contributed by atoms with Gasteiger partial charge in [-0.2, -0.15) is 0 Å². The van der Waals surface area contributed by atoms with E-state index in [1.807, 2.05) is 19.9 Å². The van der Waals surface area contributed by atoms with Gasteiger partial charge in [0, 0.05) is 17.8 Å². The highest BCUT2D eigenvalue weighted by Crippen LogP contribution is 2.77. The number of Topliss-reactive ketones (excluding diaryl/α,β-unsaturated/α-hetero) is 1. The molecule has 0 bridgehead atoms. The zero-order chi connectivity index (χ0) is 24.5. The Bertz CT molecular complexity index is 1080. The van der Waals surface area contributed by atoms with Crippen LogP contribution in [0.5, 0.6) is 0 Å². The van der Waals surface area contributed by atoms with Crippen LogP contribution in [0.2, 0.25) is 0 Å². The SMILES string of the molecule is CC(=O)OCC(=O)C12OC(C)(C)OC1CC1C3CC(F)C4=CC(=O)C=CC4(C)C34OC4CC12C. The van der Waals surface area contributed by atoms with E-state index in [1.54, 1.807) is 13.8 Å². The highest BCUT2D eigenvalue weighted by molar-refractivity contribution is 6.01. The van der Waals surface area contributed by atoms with Gasteiger partial charge >= 0.3 is 5.97 Å². The summed E-state index contributed by atoms with van der Waals surface area (Å²) in [7, 11) is 0. The summed E-state index contributed by atoms with van der Waals surface area (Å²) < 4.78 is 40.0. The van der Waals surface area contributed by atoms with Crippen molar-refractivity contribution in [2.24, 2.45) is 22.7 Å². The van der Waals surface area contributed by atoms with E-state index in [0.29, 0.717) is 18.4 Å². The van der Waals surface area contributed by atoms with Crippen molar-refractivity contribution in [1.29, 1.82) is 0 Å². The summed E-state index contributed by atoms with van der Waals surface area (Å²) in [5, 5.41) is 0. The number of fused-ring (bicyclic) bond motifs is 5. The van der Waals surface area contributed by atoms with Crippen molar-refractivity contribution in [2.45, 2.75) is 89.2 Å². The van der Waals surface area contributed by atoms with Gasteiger partial charge in [-0.15, -0.1) is 0 Å². The molecular weight excluding hydrogens is 443 g/mol. The summed E-state index contributed by atoms with van der Waals surface area (Å²) in [6.07, 6.45) is 4.06. The molecule has 5 fully saturated rings. The molecule has 7 nitrogen and oxygen atoms in total. The highest BCUT2D eigenvalue weighted by Gasteiger charge is 2.85. The fraction of sp³-hybridized carbons (Fsp3) is 0.731. The summed E-state index contributed by atoms with van der Waals surface area (Å²) in [5.41, 5.74) is -2.84. The molecule has 2 aliphatic heterocycles. The number of alkyl halides is 1. The number of hydrogen-bond donors (Lipinski definition) is 0. The first-order chi connectivity index (χ1) is 15.8. The van der Waals surface area contributed by atoms with Crippen molar-refractivity contribution in [2.75, 3.05) is 6.61 Å². The van der Waals surface area contributed by atoms with Gasteiger partial charge in [0.2, 0.25) is 5.78 Å². The first-order valence-corrected chi connectivity index (χ1v) is 12.1. The van der Waals surface area contributed by atoms with Crippen LogP contribution >= 0.6 is 0 Å². The van der Waals surface area contributed by atoms with Gasteiger partial charge < -0.3 is 18.9 Å². The van der Waals surface area contributed by atoms with Gasteiger partial charge in [-0.1, -0.05) is 13.0 Å². The van der Waals surface area contributed by atoms with Gasteiger partial charge in [0.25, 0.3) is 0 Å². The summed E-state index contributed by atoms with van der Waals surface area (Å²) >= 11 is 0. The van der Waals surface area contributed by atoms with E-state index in [2.05, 4.69) is 0 Å². The molecule has 0 aromatic rings. The maximum absolute atomic E-state index is 15.7. The first-order valence-electron chi connectivity index (χ1n) is 12.1. The molecule has 6 aliphatic rings. The molecule has 8 heteroatoms. The minimum atomic E-state index is -1.31. The van der Waals surface area contributed by atoms with E-state index in [9.17, 15) is 14.4 Å². The summed E-state index contributed by atoms with van der Waals surface area (Å²) in [6.45, 7) is 8.44. The quantitative estimate of drug-likeness (QED) is 0.459. The molecule has 0 aromatic carbocycles. The second-order valence-electron chi connectivity index (χ2n) is 11.8. The van der Waals surface area contributed by atoms with Crippen LogP contribution < -0.4 is 0 Å². The molecule has 184 valence electrons. The molecule has 2 heterocycles. The van der Waals surface area contributed by atoms with Crippen LogP contribution in [0.3, 0.4) is 0 Å². The van der Waals surface area contributed by atoms with E-state index < -0.39 is 52.7 Å².